The highest BCUT2D eigenvalue weighted by atomic mass is 79.9. The van der Waals surface area contributed by atoms with Crippen molar-refractivity contribution in [2.24, 2.45) is 0 Å². The molecule has 0 amide bonds. The molecule has 0 bridgehead atoms. The van der Waals surface area contributed by atoms with E-state index in [-0.39, 0.29) is 5.82 Å². The third-order valence-electron chi connectivity index (χ3n) is 2.08. The Morgan fingerprint density at radius 3 is 2.73 bits per heavy atom. The molecule has 4 heteroatoms. The third kappa shape index (κ3) is 4.28. The van der Waals surface area contributed by atoms with E-state index in [4.69, 9.17) is 0 Å². The summed E-state index contributed by atoms with van der Waals surface area (Å²) in [5.74, 6) is -0.207. The summed E-state index contributed by atoms with van der Waals surface area (Å²) in [5.41, 5.74) is 0.950. The van der Waals surface area contributed by atoms with E-state index in [1.54, 1.807) is 6.07 Å². The minimum absolute atomic E-state index is 0.207. The summed E-state index contributed by atoms with van der Waals surface area (Å²) in [4.78, 5) is 0. The lowest BCUT2D eigenvalue weighted by molar-refractivity contribution is 0.603. The van der Waals surface area contributed by atoms with E-state index >= 15 is 0 Å². The molecule has 0 fully saturated rings. The van der Waals surface area contributed by atoms with E-state index < -0.39 is 0 Å². The summed E-state index contributed by atoms with van der Waals surface area (Å²) >= 11 is 3.23. The van der Waals surface area contributed by atoms with Crippen LogP contribution < -0.4 is 10.6 Å². The molecule has 84 valence electrons. The number of hydrogen-bond acceptors (Lipinski definition) is 2. The first-order chi connectivity index (χ1) is 7.25. The fourth-order valence-corrected chi connectivity index (χ4v) is 1.67. The summed E-state index contributed by atoms with van der Waals surface area (Å²) in [6.07, 6.45) is 0. The Morgan fingerprint density at radius 1 is 1.27 bits per heavy atom. The normalized spacial score (nSPS) is 10.6. The molecule has 1 aromatic carbocycles. The fourth-order valence-electron chi connectivity index (χ4n) is 1.26. The van der Waals surface area contributed by atoms with E-state index in [1.165, 1.54) is 6.07 Å². The van der Waals surface area contributed by atoms with Crippen LogP contribution in [0.1, 0.15) is 12.5 Å². The van der Waals surface area contributed by atoms with Crippen molar-refractivity contribution in [3.63, 3.8) is 0 Å². The number of hydrogen-bond donors (Lipinski definition) is 2. The van der Waals surface area contributed by atoms with Gasteiger partial charge in [-0.25, -0.2) is 4.39 Å². The fraction of sp³-hybridized carbons (Fsp3) is 0.455. The van der Waals surface area contributed by atoms with Gasteiger partial charge in [-0.15, -0.1) is 0 Å². The molecule has 0 aromatic heterocycles. The number of nitrogens with one attached hydrogen (secondary N) is 2. The average molecular weight is 275 g/mol. The maximum atomic E-state index is 13.1. The molecule has 0 aliphatic carbocycles. The molecule has 0 saturated carbocycles. The molecule has 1 aromatic rings. The molecular weight excluding hydrogens is 259 g/mol. The Balaban J connectivity index is 2.34. The van der Waals surface area contributed by atoms with Gasteiger partial charge in [0, 0.05) is 19.6 Å². The smallest absolute Gasteiger partial charge is 0.137 e. The van der Waals surface area contributed by atoms with Gasteiger partial charge in [-0.05, 0) is 34.1 Å². The Kier molecular flexibility index (Phi) is 5.83. The van der Waals surface area contributed by atoms with Crippen molar-refractivity contribution in [2.75, 3.05) is 19.6 Å². The van der Waals surface area contributed by atoms with Gasteiger partial charge >= 0.3 is 0 Å². The molecule has 0 heterocycles. The van der Waals surface area contributed by atoms with Crippen molar-refractivity contribution in [2.45, 2.75) is 13.5 Å². The first-order valence-electron chi connectivity index (χ1n) is 5.10. The zero-order valence-corrected chi connectivity index (χ0v) is 10.4. The molecule has 1 rings (SSSR count). The van der Waals surface area contributed by atoms with E-state index in [1.807, 2.05) is 6.07 Å². The molecule has 0 aliphatic heterocycles. The highest BCUT2D eigenvalue weighted by molar-refractivity contribution is 9.10. The average Bonchev–Trinajstić information content (AvgIpc) is 2.24. The van der Waals surface area contributed by atoms with E-state index in [9.17, 15) is 4.39 Å². The minimum Gasteiger partial charge on any atom is -0.316 e. The van der Waals surface area contributed by atoms with Crippen molar-refractivity contribution in [3.05, 3.63) is 34.1 Å². The van der Waals surface area contributed by atoms with Gasteiger partial charge in [-0.2, -0.15) is 0 Å². The van der Waals surface area contributed by atoms with Crippen molar-refractivity contribution in [1.29, 1.82) is 0 Å². The van der Waals surface area contributed by atoms with Crippen molar-refractivity contribution in [3.8, 4) is 0 Å². The molecule has 2 N–H and O–H groups in total. The molecule has 15 heavy (non-hydrogen) atoms. The highest BCUT2D eigenvalue weighted by Crippen LogP contribution is 2.19. The molecule has 0 aliphatic rings. The quantitative estimate of drug-likeness (QED) is 0.778. The summed E-state index contributed by atoms with van der Waals surface area (Å²) in [6.45, 7) is 5.55. The van der Waals surface area contributed by atoms with Crippen molar-refractivity contribution < 1.29 is 4.39 Å². The lowest BCUT2D eigenvalue weighted by Gasteiger charge is -2.07. The second-order valence-corrected chi connectivity index (χ2v) is 4.04. The Morgan fingerprint density at radius 2 is 2.00 bits per heavy atom. The van der Waals surface area contributed by atoms with Crippen LogP contribution in [0.4, 0.5) is 4.39 Å². The molecular formula is C11H16BrFN2. The zero-order chi connectivity index (χ0) is 11.1. The van der Waals surface area contributed by atoms with Crippen LogP contribution in [-0.2, 0) is 6.54 Å². The summed E-state index contributed by atoms with van der Waals surface area (Å²) in [6, 6.07) is 5.08. The molecule has 0 saturated heterocycles. The van der Waals surface area contributed by atoms with Gasteiger partial charge in [0.25, 0.3) is 0 Å². The largest absolute Gasteiger partial charge is 0.316 e. The Hall–Kier alpha value is -0.450. The highest BCUT2D eigenvalue weighted by Gasteiger charge is 2.03. The van der Waals surface area contributed by atoms with Crippen LogP contribution in [0.3, 0.4) is 0 Å². The van der Waals surface area contributed by atoms with Crippen molar-refractivity contribution >= 4 is 15.9 Å². The van der Waals surface area contributed by atoms with Gasteiger partial charge in [0.05, 0.1) is 4.47 Å². The van der Waals surface area contributed by atoms with Crippen LogP contribution >= 0.6 is 15.9 Å². The monoisotopic (exact) mass is 274 g/mol. The first-order valence-corrected chi connectivity index (χ1v) is 5.89. The molecule has 0 unspecified atom stereocenters. The predicted molar refractivity (Wildman–Crippen MR) is 64.4 cm³/mol. The maximum Gasteiger partial charge on any atom is 0.137 e. The number of rotatable bonds is 6. The Labute approximate surface area is 98.4 Å². The summed E-state index contributed by atoms with van der Waals surface area (Å²) in [7, 11) is 0. The van der Waals surface area contributed by atoms with Gasteiger partial charge in [-0.1, -0.05) is 19.1 Å². The van der Waals surface area contributed by atoms with Gasteiger partial charge in [0.1, 0.15) is 5.82 Å². The molecule has 2 nitrogen and oxygen atoms in total. The van der Waals surface area contributed by atoms with Gasteiger partial charge in [0.2, 0.25) is 0 Å². The summed E-state index contributed by atoms with van der Waals surface area (Å²) < 4.78 is 13.7. The lowest BCUT2D eigenvalue weighted by atomic mass is 10.2. The van der Waals surface area contributed by atoms with E-state index in [2.05, 4.69) is 33.5 Å². The first kappa shape index (κ1) is 12.6. The second kappa shape index (κ2) is 6.93. The second-order valence-electron chi connectivity index (χ2n) is 3.24. The minimum atomic E-state index is -0.207. The standard InChI is InChI=1S/C11H16BrFN2/c1-2-14-6-7-15-8-9-4-3-5-10(13)11(9)12/h3-5,14-15H,2,6-8H2,1H3. The number of halogens is 2. The summed E-state index contributed by atoms with van der Waals surface area (Å²) in [5, 5.41) is 6.46. The van der Waals surface area contributed by atoms with Crippen molar-refractivity contribution in [1.82, 2.24) is 10.6 Å². The molecule has 0 atom stereocenters. The molecule has 0 spiro atoms. The number of likely N-dealkylation sites (N-methyl/N-ethyl adjacent to an activating group) is 1. The van der Waals surface area contributed by atoms with E-state index in [0.29, 0.717) is 11.0 Å². The van der Waals surface area contributed by atoms with Crippen LogP contribution in [0.25, 0.3) is 0 Å². The van der Waals surface area contributed by atoms with Crippen LogP contribution in [-0.4, -0.2) is 19.6 Å². The van der Waals surface area contributed by atoms with Gasteiger partial charge in [0.15, 0.2) is 0 Å². The van der Waals surface area contributed by atoms with Crippen LogP contribution in [0.2, 0.25) is 0 Å². The predicted octanol–water partition coefficient (Wildman–Crippen LogP) is 2.29. The maximum absolute atomic E-state index is 13.1. The number of benzene rings is 1. The lowest BCUT2D eigenvalue weighted by Crippen LogP contribution is -2.26. The zero-order valence-electron chi connectivity index (χ0n) is 8.82. The van der Waals surface area contributed by atoms with Crippen LogP contribution in [0.15, 0.2) is 22.7 Å². The van der Waals surface area contributed by atoms with Gasteiger partial charge in [-0.3, -0.25) is 0 Å². The van der Waals surface area contributed by atoms with Crippen LogP contribution in [0.5, 0.6) is 0 Å². The SMILES string of the molecule is CCNCCNCc1cccc(F)c1Br. The van der Waals surface area contributed by atoms with Crippen LogP contribution in [0, 0.1) is 5.82 Å². The Bertz CT molecular complexity index is 305. The third-order valence-corrected chi connectivity index (χ3v) is 2.96. The van der Waals surface area contributed by atoms with Gasteiger partial charge < -0.3 is 10.6 Å². The topological polar surface area (TPSA) is 24.1 Å². The molecule has 0 radical (unpaired) electrons. The van der Waals surface area contributed by atoms with E-state index in [0.717, 1.165) is 25.2 Å².